The Morgan fingerprint density at radius 2 is 1.66 bits per heavy atom. The van der Waals surface area contributed by atoms with E-state index in [-0.39, 0.29) is 35.7 Å². The second kappa shape index (κ2) is 10.1. The number of hydrogen-bond acceptors (Lipinski definition) is 6. The summed E-state index contributed by atoms with van der Waals surface area (Å²) in [4.78, 5) is 25.8. The van der Waals surface area contributed by atoms with E-state index in [1.807, 2.05) is 37.3 Å². The van der Waals surface area contributed by atoms with E-state index in [4.69, 9.17) is 9.47 Å². The van der Waals surface area contributed by atoms with Crippen LogP contribution in [0.15, 0.2) is 72.8 Å². The first-order chi connectivity index (χ1) is 16.7. The summed E-state index contributed by atoms with van der Waals surface area (Å²) in [5, 5.41) is 5.59. The number of carbonyl (C=O) groups is 2. The molecule has 1 aliphatic heterocycles. The van der Waals surface area contributed by atoms with Crippen LogP contribution in [0.5, 0.6) is 11.5 Å². The van der Waals surface area contributed by atoms with E-state index in [1.54, 1.807) is 30.3 Å². The molecule has 0 aliphatic carbocycles. The number of amides is 2. The predicted molar refractivity (Wildman–Crippen MR) is 132 cm³/mol. The fourth-order valence-corrected chi connectivity index (χ4v) is 4.50. The lowest BCUT2D eigenvalue weighted by Crippen LogP contribution is -2.37. The second-order valence-electron chi connectivity index (χ2n) is 8.01. The Labute approximate surface area is 203 Å². The molecule has 35 heavy (non-hydrogen) atoms. The van der Waals surface area contributed by atoms with Crippen LogP contribution in [0.1, 0.15) is 28.9 Å². The summed E-state index contributed by atoms with van der Waals surface area (Å²) < 4.78 is 36.5. The van der Waals surface area contributed by atoms with Gasteiger partial charge in [-0.3, -0.25) is 13.9 Å². The van der Waals surface area contributed by atoms with Crippen molar-refractivity contribution in [2.45, 2.75) is 13.0 Å². The lowest BCUT2D eigenvalue weighted by atomic mass is 10.1. The third-order valence-electron chi connectivity index (χ3n) is 5.42. The Bertz CT molecular complexity index is 1340. The molecule has 9 nitrogen and oxygen atoms in total. The van der Waals surface area contributed by atoms with Crippen molar-refractivity contribution in [2.75, 3.05) is 29.2 Å². The maximum Gasteiger partial charge on any atom is 0.253 e. The molecule has 1 unspecified atom stereocenters. The van der Waals surface area contributed by atoms with Crippen molar-refractivity contribution in [1.29, 1.82) is 0 Å². The highest BCUT2D eigenvalue weighted by molar-refractivity contribution is 7.92. The number of hydrogen-bond donors (Lipinski definition) is 2. The van der Waals surface area contributed by atoms with E-state index in [9.17, 15) is 18.0 Å². The van der Waals surface area contributed by atoms with Crippen LogP contribution in [0.3, 0.4) is 0 Å². The van der Waals surface area contributed by atoms with Crippen LogP contribution in [-0.2, 0) is 14.8 Å². The Morgan fingerprint density at radius 1 is 0.971 bits per heavy atom. The quantitative estimate of drug-likeness (QED) is 0.496. The molecule has 10 heteroatoms. The molecule has 3 aromatic carbocycles. The molecule has 0 saturated heterocycles. The minimum absolute atomic E-state index is 0.0416. The van der Waals surface area contributed by atoms with Gasteiger partial charge in [-0.2, -0.15) is 0 Å². The van der Waals surface area contributed by atoms with Gasteiger partial charge in [0.25, 0.3) is 5.91 Å². The van der Waals surface area contributed by atoms with Crippen molar-refractivity contribution >= 4 is 33.2 Å². The molecule has 0 bridgehead atoms. The van der Waals surface area contributed by atoms with Crippen LogP contribution in [0.25, 0.3) is 0 Å². The molecule has 1 aliphatic rings. The first-order valence-electron chi connectivity index (χ1n) is 10.8. The first kappa shape index (κ1) is 24.1. The van der Waals surface area contributed by atoms with Gasteiger partial charge in [-0.05, 0) is 36.8 Å². The van der Waals surface area contributed by atoms with Crippen LogP contribution in [0.4, 0.5) is 11.4 Å². The van der Waals surface area contributed by atoms with Gasteiger partial charge in [0, 0.05) is 6.07 Å². The number of sulfonamides is 1. The minimum atomic E-state index is -3.80. The van der Waals surface area contributed by atoms with Gasteiger partial charge in [-0.1, -0.05) is 42.5 Å². The van der Waals surface area contributed by atoms with Gasteiger partial charge >= 0.3 is 0 Å². The molecule has 1 heterocycles. The smallest absolute Gasteiger partial charge is 0.253 e. The first-order valence-corrected chi connectivity index (χ1v) is 12.7. The second-order valence-corrected chi connectivity index (χ2v) is 9.91. The summed E-state index contributed by atoms with van der Waals surface area (Å²) in [5.74, 6) is -0.0834. The summed E-state index contributed by atoms with van der Waals surface area (Å²) in [6.07, 6.45) is 1.01. The number of nitrogens with one attached hydrogen (secondary N) is 2. The third kappa shape index (κ3) is 5.72. The third-order valence-corrected chi connectivity index (χ3v) is 6.57. The summed E-state index contributed by atoms with van der Waals surface area (Å²) in [5.41, 5.74) is 1.73. The van der Waals surface area contributed by atoms with Crippen LogP contribution in [0, 0.1) is 0 Å². The van der Waals surface area contributed by atoms with E-state index in [1.165, 1.54) is 12.1 Å². The SMILES string of the molecule is CC(NC(=O)c1ccccc1NC(=O)CN(c1ccc2c(c1)OCO2)S(C)(=O)=O)c1ccccc1. The fraction of sp³-hybridized carbons (Fsp3) is 0.200. The highest BCUT2D eigenvalue weighted by Gasteiger charge is 2.25. The van der Waals surface area contributed by atoms with Gasteiger partial charge < -0.3 is 20.1 Å². The van der Waals surface area contributed by atoms with Gasteiger partial charge in [-0.25, -0.2) is 8.42 Å². The topological polar surface area (TPSA) is 114 Å². The molecule has 2 N–H and O–H groups in total. The summed E-state index contributed by atoms with van der Waals surface area (Å²) in [7, 11) is -3.80. The Balaban J connectivity index is 1.50. The zero-order valence-corrected chi connectivity index (χ0v) is 20.0. The van der Waals surface area contributed by atoms with Gasteiger partial charge in [-0.15, -0.1) is 0 Å². The number of fused-ring (bicyclic) bond motifs is 1. The monoisotopic (exact) mass is 495 g/mol. The van der Waals surface area contributed by atoms with Crippen LogP contribution >= 0.6 is 0 Å². The van der Waals surface area contributed by atoms with Crippen molar-refractivity contribution in [3.63, 3.8) is 0 Å². The van der Waals surface area contributed by atoms with Crippen LogP contribution < -0.4 is 24.4 Å². The molecule has 0 radical (unpaired) electrons. The van der Waals surface area contributed by atoms with E-state index in [2.05, 4.69) is 10.6 Å². The van der Waals surface area contributed by atoms with Crippen molar-refractivity contribution < 1.29 is 27.5 Å². The van der Waals surface area contributed by atoms with Gasteiger partial charge in [0.15, 0.2) is 11.5 Å². The number of nitrogens with zero attached hydrogens (tertiary/aromatic N) is 1. The van der Waals surface area contributed by atoms with Gasteiger partial charge in [0.2, 0.25) is 22.7 Å². The normalized spacial score (nSPS) is 13.1. The number of benzene rings is 3. The maximum absolute atomic E-state index is 12.9. The Kier molecular flexibility index (Phi) is 6.92. The number of carbonyl (C=O) groups excluding carboxylic acids is 2. The van der Waals surface area contributed by atoms with Crippen molar-refractivity contribution in [3.8, 4) is 11.5 Å². The maximum atomic E-state index is 12.9. The lowest BCUT2D eigenvalue weighted by molar-refractivity contribution is -0.114. The molecule has 4 rings (SSSR count). The molecular weight excluding hydrogens is 470 g/mol. The summed E-state index contributed by atoms with van der Waals surface area (Å²) in [6, 6.07) is 20.4. The van der Waals surface area contributed by atoms with Crippen LogP contribution in [0.2, 0.25) is 0 Å². The lowest BCUT2D eigenvalue weighted by Gasteiger charge is -2.22. The van der Waals surface area contributed by atoms with E-state index >= 15 is 0 Å². The highest BCUT2D eigenvalue weighted by Crippen LogP contribution is 2.36. The zero-order chi connectivity index (χ0) is 25.0. The molecular formula is C25H25N3O6S. The summed E-state index contributed by atoms with van der Waals surface area (Å²) in [6.45, 7) is 1.42. The largest absolute Gasteiger partial charge is 0.454 e. The van der Waals surface area contributed by atoms with E-state index < -0.39 is 22.5 Å². The average Bonchev–Trinajstić information content (AvgIpc) is 3.30. The molecule has 0 spiro atoms. The van der Waals surface area contributed by atoms with Crippen molar-refractivity contribution in [1.82, 2.24) is 5.32 Å². The summed E-state index contributed by atoms with van der Waals surface area (Å²) >= 11 is 0. The number of rotatable bonds is 8. The predicted octanol–water partition coefficient (Wildman–Crippen LogP) is 3.31. The molecule has 0 aromatic heterocycles. The Hall–Kier alpha value is -4.05. The molecule has 0 saturated carbocycles. The van der Waals surface area contributed by atoms with Gasteiger partial charge in [0.1, 0.15) is 6.54 Å². The number of anilines is 2. The standard InChI is InChI=1S/C25H25N3O6S/c1-17(18-8-4-3-5-9-18)26-25(30)20-10-6-7-11-21(20)27-24(29)15-28(35(2,31)32)19-12-13-22-23(14-19)34-16-33-22/h3-14,17H,15-16H2,1-2H3,(H,26,30)(H,27,29). The number of ether oxygens (including phenoxy) is 2. The van der Waals surface area contributed by atoms with Gasteiger partial charge in [0.05, 0.1) is 29.2 Å². The number of para-hydroxylation sites is 1. The molecule has 3 aromatic rings. The zero-order valence-electron chi connectivity index (χ0n) is 19.2. The van der Waals surface area contributed by atoms with E-state index in [0.717, 1.165) is 16.1 Å². The fourth-order valence-electron chi connectivity index (χ4n) is 3.65. The van der Waals surface area contributed by atoms with E-state index in [0.29, 0.717) is 11.5 Å². The molecule has 2 amide bonds. The van der Waals surface area contributed by atoms with Crippen molar-refractivity contribution in [2.24, 2.45) is 0 Å². The Morgan fingerprint density at radius 3 is 2.40 bits per heavy atom. The average molecular weight is 496 g/mol. The highest BCUT2D eigenvalue weighted by atomic mass is 32.2. The molecule has 0 fully saturated rings. The van der Waals surface area contributed by atoms with Crippen molar-refractivity contribution in [3.05, 3.63) is 83.9 Å². The molecule has 182 valence electrons. The molecule has 1 atom stereocenters. The minimum Gasteiger partial charge on any atom is -0.454 e. The van der Waals surface area contributed by atoms with Crippen LogP contribution in [-0.4, -0.2) is 39.8 Å².